The number of methoxy groups -OCH3 is 2. The van der Waals surface area contributed by atoms with E-state index in [0.29, 0.717) is 24.4 Å². The maximum Gasteiger partial charge on any atom is 0.146 e. The van der Waals surface area contributed by atoms with Crippen molar-refractivity contribution >= 4 is 0 Å². The normalized spacial score (nSPS) is 40.7. The molecule has 0 bridgehead atoms. The first-order chi connectivity index (χ1) is 9.78. The Kier molecular flexibility index (Phi) is 4.49. The van der Waals surface area contributed by atoms with Crippen molar-refractivity contribution in [2.24, 2.45) is 11.3 Å². The van der Waals surface area contributed by atoms with Gasteiger partial charge in [0, 0.05) is 14.2 Å². The van der Waals surface area contributed by atoms with Crippen molar-refractivity contribution in [3.05, 3.63) is 11.6 Å². The van der Waals surface area contributed by atoms with E-state index in [9.17, 15) is 0 Å². The summed E-state index contributed by atoms with van der Waals surface area (Å²) in [7, 11) is 3.58. The third-order valence-corrected chi connectivity index (χ3v) is 5.87. The average Bonchev–Trinajstić information content (AvgIpc) is 2.78. The molecule has 20 heavy (non-hydrogen) atoms. The summed E-state index contributed by atoms with van der Waals surface area (Å²) in [6, 6.07) is 0. The highest BCUT2D eigenvalue weighted by molar-refractivity contribution is 5.25. The molecule has 1 unspecified atom stereocenters. The molecule has 0 heterocycles. The minimum atomic E-state index is 0.381. The van der Waals surface area contributed by atoms with Crippen molar-refractivity contribution < 1.29 is 14.2 Å². The van der Waals surface area contributed by atoms with Crippen LogP contribution in [-0.2, 0) is 14.2 Å². The largest absolute Gasteiger partial charge is 0.381 e. The van der Waals surface area contributed by atoms with E-state index in [4.69, 9.17) is 14.2 Å². The molecule has 3 heteroatoms. The Morgan fingerprint density at radius 3 is 2.70 bits per heavy atom. The zero-order valence-electron chi connectivity index (χ0n) is 12.9. The van der Waals surface area contributed by atoms with E-state index in [2.05, 4.69) is 6.08 Å². The molecule has 0 aliphatic heterocycles. The predicted molar refractivity (Wildman–Crippen MR) is 78.5 cm³/mol. The van der Waals surface area contributed by atoms with Crippen molar-refractivity contribution in [1.29, 1.82) is 0 Å². The van der Waals surface area contributed by atoms with Crippen molar-refractivity contribution in [2.75, 3.05) is 21.0 Å². The van der Waals surface area contributed by atoms with Gasteiger partial charge < -0.3 is 14.2 Å². The Morgan fingerprint density at radius 2 is 1.95 bits per heavy atom. The van der Waals surface area contributed by atoms with Crippen molar-refractivity contribution in [2.45, 2.75) is 63.6 Å². The number of rotatable bonds is 4. The molecule has 0 N–H and O–H groups in total. The molecular formula is C17H28O3. The van der Waals surface area contributed by atoms with Crippen LogP contribution in [0.15, 0.2) is 11.6 Å². The number of hydrogen-bond donors (Lipinski definition) is 0. The second kappa shape index (κ2) is 6.17. The molecule has 0 aromatic carbocycles. The standard InChI is InChI=1S/C17H28O3/c1-18-12-20-16-8-6-13-5-7-15(19-2)10-14-4-3-9-17(13,14)11-16/h4,13,15-16H,3,5-12H2,1-2H3/t13?,15-,16-,17-/m0/s1. The average molecular weight is 280 g/mol. The van der Waals surface area contributed by atoms with E-state index < -0.39 is 0 Å². The topological polar surface area (TPSA) is 27.7 Å². The summed E-state index contributed by atoms with van der Waals surface area (Å²) in [5.74, 6) is 0.846. The lowest BCUT2D eigenvalue weighted by molar-refractivity contribution is -0.106. The molecule has 1 spiro atoms. The molecule has 0 aromatic rings. The highest BCUT2D eigenvalue weighted by Crippen LogP contribution is 2.58. The third kappa shape index (κ3) is 2.56. The van der Waals surface area contributed by atoms with Crippen molar-refractivity contribution in [1.82, 2.24) is 0 Å². The first-order valence-electron chi connectivity index (χ1n) is 8.11. The highest BCUT2D eigenvalue weighted by Gasteiger charge is 2.49. The molecular weight excluding hydrogens is 252 g/mol. The second-order valence-corrected chi connectivity index (χ2v) is 6.74. The van der Waals surface area contributed by atoms with Gasteiger partial charge >= 0.3 is 0 Å². The molecule has 0 saturated heterocycles. The highest BCUT2D eigenvalue weighted by atomic mass is 16.7. The van der Waals surface area contributed by atoms with Gasteiger partial charge in [0.1, 0.15) is 6.79 Å². The molecule has 4 atom stereocenters. The van der Waals surface area contributed by atoms with E-state index >= 15 is 0 Å². The van der Waals surface area contributed by atoms with Gasteiger partial charge in [-0.2, -0.15) is 0 Å². The van der Waals surface area contributed by atoms with Crippen LogP contribution < -0.4 is 0 Å². The molecule has 3 rings (SSSR count). The van der Waals surface area contributed by atoms with Gasteiger partial charge in [-0.1, -0.05) is 11.6 Å². The molecule has 114 valence electrons. The summed E-state index contributed by atoms with van der Waals surface area (Å²) in [4.78, 5) is 0. The molecule has 2 saturated carbocycles. The summed E-state index contributed by atoms with van der Waals surface area (Å²) in [5.41, 5.74) is 2.10. The van der Waals surface area contributed by atoms with Gasteiger partial charge in [0.15, 0.2) is 0 Å². The summed E-state index contributed by atoms with van der Waals surface area (Å²) in [6.07, 6.45) is 13.3. The predicted octanol–water partition coefficient (Wildman–Crippen LogP) is 3.68. The Morgan fingerprint density at radius 1 is 1.15 bits per heavy atom. The van der Waals surface area contributed by atoms with Crippen LogP contribution in [0.3, 0.4) is 0 Å². The lowest BCUT2D eigenvalue weighted by Gasteiger charge is -2.46. The Labute approximate surface area is 122 Å². The van der Waals surface area contributed by atoms with E-state index in [-0.39, 0.29) is 0 Å². The molecule has 0 radical (unpaired) electrons. The lowest BCUT2D eigenvalue weighted by Crippen LogP contribution is -2.39. The quantitative estimate of drug-likeness (QED) is 0.581. The van der Waals surface area contributed by atoms with E-state index in [1.54, 1.807) is 12.7 Å². The molecule has 3 aliphatic carbocycles. The summed E-state index contributed by atoms with van der Waals surface area (Å²) in [6.45, 7) is 0.436. The number of allylic oxidation sites excluding steroid dienone is 1. The van der Waals surface area contributed by atoms with E-state index in [1.807, 2.05) is 7.11 Å². The minimum absolute atomic E-state index is 0.381. The van der Waals surface area contributed by atoms with Gasteiger partial charge in [0.05, 0.1) is 12.2 Å². The van der Waals surface area contributed by atoms with Crippen LogP contribution in [0.5, 0.6) is 0 Å². The van der Waals surface area contributed by atoms with Crippen LogP contribution in [0.4, 0.5) is 0 Å². The fourth-order valence-electron chi connectivity index (χ4n) is 4.85. The van der Waals surface area contributed by atoms with Gasteiger partial charge in [-0.15, -0.1) is 0 Å². The smallest absolute Gasteiger partial charge is 0.146 e. The summed E-state index contributed by atoms with van der Waals surface area (Å²) >= 11 is 0. The Bertz CT molecular complexity index is 365. The van der Waals surface area contributed by atoms with Gasteiger partial charge in [-0.25, -0.2) is 0 Å². The first kappa shape index (κ1) is 14.6. The van der Waals surface area contributed by atoms with Crippen LogP contribution in [0, 0.1) is 11.3 Å². The van der Waals surface area contributed by atoms with Crippen LogP contribution in [-0.4, -0.2) is 33.2 Å². The fraction of sp³-hybridized carbons (Fsp3) is 0.882. The summed E-state index contributed by atoms with van der Waals surface area (Å²) in [5, 5.41) is 0. The number of hydrogen-bond acceptors (Lipinski definition) is 3. The molecule has 3 aliphatic rings. The first-order valence-corrected chi connectivity index (χ1v) is 8.11. The van der Waals surface area contributed by atoms with Crippen molar-refractivity contribution in [3.8, 4) is 0 Å². The Balaban J connectivity index is 1.77. The van der Waals surface area contributed by atoms with E-state index in [1.165, 1.54) is 44.9 Å². The maximum absolute atomic E-state index is 5.90. The third-order valence-electron chi connectivity index (χ3n) is 5.87. The maximum atomic E-state index is 5.90. The second-order valence-electron chi connectivity index (χ2n) is 6.74. The van der Waals surface area contributed by atoms with Crippen LogP contribution in [0.2, 0.25) is 0 Å². The van der Waals surface area contributed by atoms with Crippen molar-refractivity contribution in [3.63, 3.8) is 0 Å². The lowest BCUT2D eigenvalue weighted by atomic mass is 9.61. The van der Waals surface area contributed by atoms with E-state index in [0.717, 1.165) is 12.3 Å². The van der Waals surface area contributed by atoms with Crippen LogP contribution >= 0.6 is 0 Å². The van der Waals surface area contributed by atoms with Gasteiger partial charge in [-0.05, 0) is 62.7 Å². The number of ether oxygens (including phenoxy) is 3. The zero-order valence-corrected chi connectivity index (χ0v) is 12.9. The SMILES string of the molecule is COCO[C@H]1CCC2CC[C@H](OC)CC3=CCC[C@@]32C1. The molecule has 3 nitrogen and oxygen atoms in total. The van der Waals surface area contributed by atoms with Gasteiger partial charge in [0.25, 0.3) is 0 Å². The zero-order chi connectivity index (χ0) is 14.0. The summed E-state index contributed by atoms with van der Waals surface area (Å²) < 4.78 is 16.7. The molecule has 0 amide bonds. The Hall–Kier alpha value is -0.380. The van der Waals surface area contributed by atoms with Crippen LogP contribution in [0.25, 0.3) is 0 Å². The molecule has 0 aromatic heterocycles. The fourth-order valence-corrected chi connectivity index (χ4v) is 4.85. The minimum Gasteiger partial charge on any atom is -0.381 e. The monoisotopic (exact) mass is 280 g/mol. The van der Waals surface area contributed by atoms with Gasteiger partial charge in [0.2, 0.25) is 0 Å². The molecule has 2 fully saturated rings. The van der Waals surface area contributed by atoms with Crippen LogP contribution in [0.1, 0.15) is 51.4 Å². The van der Waals surface area contributed by atoms with Gasteiger partial charge in [-0.3, -0.25) is 0 Å².